The first-order chi connectivity index (χ1) is 17.3. The van der Waals surface area contributed by atoms with Crippen molar-refractivity contribution in [3.8, 4) is 28.4 Å². The molecule has 2 aliphatic carbocycles. The van der Waals surface area contributed by atoms with Gasteiger partial charge in [-0.25, -0.2) is 9.97 Å². The maximum atomic E-state index is 13.5. The van der Waals surface area contributed by atoms with E-state index >= 15 is 0 Å². The topological polar surface area (TPSA) is 136 Å². The summed E-state index contributed by atoms with van der Waals surface area (Å²) in [4.78, 5) is 42.4. The molecule has 0 spiro atoms. The Morgan fingerprint density at radius 3 is 2.69 bits per heavy atom. The zero-order valence-electron chi connectivity index (χ0n) is 19.9. The summed E-state index contributed by atoms with van der Waals surface area (Å²) in [5, 5.41) is 0.991. The van der Waals surface area contributed by atoms with Crippen LogP contribution in [0.1, 0.15) is 35.3 Å². The molecular formula is C26H24BrN5O4. The summed E-state index contributed by atoms with van der Waals surface area (Å²) < 4.78 is 12.2. The van der Waals surface area contributed by atoms with Gasteiger partial charge >= 0.3 is 0 Å². The number of benzene rings is 1. The van der Waals surface area contributed by atoms with Crippen molar-refractivity contribution in [2.45, 2.75) is 30.9 Å². The van der Waals surface area contributed by atoms with Gasteiger partial charge in [-0.3, -0.25) is 9.59 Å². The summed E-state index contributed by atoms with van der Waals surface area (Å²) in [7, 11) is 2.99. The number of aromatic nitrogens is 4. The van der Waals surface area contributed by atoms with Gasteiger partial charge in [0.15, 0.2) is 11.4 Å². The Kier molecular flexibility index (Phi) is 5.19. The quantitative estimate of drug-likeness (QED) is 0.350. The van der Waals surface area contributed by atoms with E-state index in [2.05, 4.69) is 25.9 Å². The number of nitrogens with zero attached hydrogens (tertiary/aromatic N) is 2. The molecule has 0 saturated heterocycles. The minimum Gasteiger partial charge on any atom is -0.479 e. The van der Waals surface area contributed by atoms with E-state index in [0.29, 0.717) is 34.9 Å². The van der Waals surface area contributed by atoms with Crippen molar-refractivity contribution in [1.82, 2.24) is 19.9 Å². The monoisotopic (exact) mass is 549 g/mol. The highest BCUT2D eigenvalue weighted by molar-refractivity contribution is 9.10. The average molecular weight is 550 g/mol. The summed E-state index contributed by atoms with van der Waals surface area (Å²) >= 11 is 3.49. The van der Waals surface area contributed by atoms with E-state index in [9.17, 15) is 9.59 Å². The van der Waals surface area contributed by atoms with Crippen molar-refractivity contribution in [2.24, 2.45) is 11.7 Å². The average Bonchev–Trinajstić information content (AvgIpc) is 3.52. The first-order valence-electron chi connectivity index (χ1n) is 11.6. The Labute approximate surface area is 214 Å². The summed E-state index contributed by atoms with van der Waals surface area (Å²) in [5.74, 6) is -0.745. The van der Waals surface area contributed by atoms with Crippen molar-refractivity contribution in [2.75, 3.05) is 14.2 Å². The number of carbonyl (C=O) groups excluding carboxylic acids is 2. The summed E-state index contributed by atoms with van der Waals surface area (Å²) in [6.45, 7) is 1.85. The molecule has 3 aromatic heterocycles. The number of aromatic amines is 2. The number of rotatable bonds is 4. The molecule has 9 nitrogen and oxygen atoms in total. The highest BCUT2D eigenvalue weighted by Crippen LogP contribution is 2.51. The second-order valence-electron chi connectivity index (χ2n) is 9.40. The third-order valence-corrected chi connectivity index (χ3v) is 8.25. The van der Waals surface area contributed by atoms with Crippen LogP contribution in [0.2, 0.25) is 0 Å². The third kappa shape index (κ3) is 3.01. The molecule has 4 atom stereocenters. The van der Waals surface area contributed by atoms with Gasteiger partial charge in [-0.2, -0.15) is 0 Å². The lowest BCUT2D eigenvalue weighted by molar-refractivity contribution is -0.137. The van der Waals surface area contributed by atoms with Crippen LogP contribution >= 0.6 is 15.9 Å². The summed E-state index contributed by atoms with van der Waals surface area (Å²) in [6.07, 6.45) is 5.62. The van der Waals surface area contributed by atoms with Gasteiger partial charge in [-0.15, -0.1) is 0 Å². The predicted octanol–water partition coefficient (Wildman–Crippen LogP) is 3.99. The first kappa shape index (κ1) is 23.1. The fourth-order valence-electron chi connectivity index (χ4n) is 5.79. The Morgan fingerprint density at radius 2 is 1.94 bits per heavy atom. The van der Waals surface area contributed by atoms with Crippen molar-refractivity contribution in [3.05, 3.63) is 52.5 Å². The number of nitrogens with one attached hydrogen (secondary N) is 2. The van der Waals surface area contributed by atoms with Gasteiger partial charge in [0.1, 0.15) is 11.7 Å². The van der Waals surface area contributed by atoms with Gasteiger partial charge < -0.3 is 25.2 Å². The number of ether oxygens (including phenoxy) is 2. The lowest BCUT2D eigenvalue weighted by Gasteiger charge is -2.48. The van der Waals surface area contributed by atoms with E-state index in [0.717, 1.165) is 26.5 Å². The van der Waals surface area contributed by atoms with Crippen LogP contribution in [0.3, 0.4) is 0 Å². The van der Waals surface area contributed by atoms with Crippen LogP contribution in [0.5, 0.6) is 5.88 Å². The van der Waals surface area contributed by atoms with Crippen LogP contribution in [0.15, 0.2) is 41.3 Å². The number of hydrogen-bond donors (Lipinski definition) is 3. The molecular weight excluding hydrogens is 526 g/mol. The Morgan fingerprint density at radius 1 is 1.17 bits per heavy atom. The molecule has 1 saturated carbocycles. The number of fused-ring (bicyclic) bond motifs is 5. The number of nitrogens with two attached hydrogens (primary N) is 1. The molecule has 1 fully saturated rings. The van der Waals surface area contributed by atoms with Gasteiger partial charge in [0.25, 0.3) is 0 Å². The number of halogens is 1. The van der Waals surface area contributed by atoms with E-state index in [1.165, 1.54) is 7.11 Å². The van der Waals surface area contributed by atoms with Gasteiger partial charge in [-0.1, -0.05) is 28.9 Å². The number of hydrogen-bond acceptors (Lipinski definition) is 7. The van der Waals surface area contributed by atoms with Crippen molar-refractivity contribution >= 4 is 38.4 Å². The standard InChI is InChI=1S/C26H24BrN5O4/c1-11-14-7-26(36-3,23(28)22(11)33)24(34)21-19(14)16(9-30-21)18-10-31-20(25(32-18)35-2)15-8-29-17-6-12(27)4-5-13(15)17/h4-6,8-11,14,23,29-30H,7,28H2,1-3H3/t11-,14-,23-,26-/m1/s1. The fourth-order valence-corrected chi connectivity index (χ4v) is 6.15. The molecule has 36 heavy (non-hydrogen) atoms. The first-order valence-corrected chi connectivity index (χ1v) is 12.4. The predicted molar refractivity (Wildman–Crippen MR) is 137 cm³/mol. The molecule has 0 radical (unpaired) electrons. The van der Waals surface area contributed by atoms with E-state index in [4.69, 9.17) is 25.2 Å². The van der Waals surface area contributed by atoms with Crippen molar-refractivity contribution < 1.29 is 19.1 Å². The van der Waals surface area contributed by atoms with E-state index in [1.807, 2.05) is 31.3 Å². The second kappa shape index (κ2) is 8.09. The molecule has 3 heterocycles. The Bertz CT molecular complexity index is 1560. The number of Topliss-reactive ketones (excluding diaryl/α,β-unsaturated/α-hetero) is 2. The molecule has 2 aliphatic rings. The van der Waals surface area contributed by atoms with Crippen LogP contribution in [0.25, 0.3) is 33.4 Å². The molecule has 4 aromatic rings. The molecule has 6 rings (SSSR count). The Balaban J connectivity index is 1.48. The van der Waals surface area contributed by atoms with Gasteiger partial charge in [0.2, 0.25) is 11.7 Å². The van der Waals surface area contributed by atoms with Gasteiger partial charge in [-0.05, 0) is 30.0 Å². The zero-order chi connectivity index (χ0) is 25.4. The van der Waals surface area contributed by atoms with Gasteiger partial charge in [0.05, 0.1) is 24.7 Å². The fraction of sp³-hybridized carbons (Fsp3) is 0.308. The van der Waals surface area contributed by atoms with E-state index < -0.39 is 11.6 Å². The molecule has 0 aliphatic heterocycles. The van der Waals surface area contributed by atoms with Crippen molar-refractivity contribution in [1.29, 1.82) is 0 Å². The van der Waals surface area contributed by atoms with E-state index in [-0.39, 0.29) is 23.4 Å². The largest absolute Gasteiger partial charge is 0.479 e. The molecule has 1 aromatic carbocycles. The molecule has 0 unspecified atom stereocenters. The molecule has 2 bridgehead atoms. The molecule has 10 heteroatoms. The van der Waals surface area contributed by atoms with Crippen LogP contribution in [-0.2, 0) is 9.53 Å². The highest BCUT2D eigenvalue weighted by atomic mass is 79.9. The van der Waals surface area contributed by atoms with Crippen molar-refractivity contribution in [3.63, 3.8) is 0 Å². The maximum absolute atomic E-state index is 13.5. The lowest BCUT2D eigenvalue weighted by atomic mass is 9.60. The number of H-pyrrole nitrogens is 2. The maximum Gasteiger partial charge on any atom is 0.241 e. The molecule has 4 N–H and O–H groups in total. The third-order valence-electron chi connectivity index (χ3n) is 7.76. The minimum absolute atomic E-state index is 0.177. The van der Waals surface area contributed by atoms with Crippen LogP contribution < -0.4 is 10.5 Å². The summed E-state index contributed by atoms with van der Waals surface area (Å²) in [5.41, 5.74) is 9.70. The lowest BCUT2D eigenvalue weighted by Crippen LogP contribution is -2.66. The Hall–Kier alpha value is -3.34. The SMILES string of the molecule is COc1nc(-c2c[nH]c3c2[C@@H]2C[C@](OC)(C3=O)[C@H](N)C(=O)[C@@H]2C)cnc1-c1c[nH]c2cc(Br)ccc12. The van der Waals surface area contributed by atoms with Crippen LogP contribution in [0, 0.1) is 5.92 Å². The number of ketones is 2. The second-order valence-corrected chi connectivity index (χ2v) is 10.3. The van der Waals surface area contributed by atoms with Gasteiger partial charge in [0, 0.05) is 51.9 Å². The van der Waals surface area contributed by atoms with E-state index in [1.54, 1.807) is 19.5 Å². The van der Waals surface area contributed by atoms with Crippen LogP contribution in [-0.4, -0.2) is 57.4 Å². The number of methoxy groups -OCH3 is 2. The normalized spacial score (nSPS) is 25.3. The van der Waals surface area contributed by atoms with Crippen LogP contribution in [0.4, 0.5) is 0 Å². The smallest absolute Gasteiger partial charge is 0.241 e. The summed E-state index contributed by atoms with van der Waals surface area (Å²) in [6, 6.07) is 4.96. The number of carbonyl (C=O) groups is 2. The zero-order valence-corrected chi connectivity index (χ0v) is 21.5. The minimum atomic E-state index is -1.36. The molecule has 0 amide bonds. The molecule has 184 valence electrons. The highest BCUT2D eigenvalue weighted by Gasteiger charge is 2.60.